The van der Waals surface area contributed by atoms with Gasteiger partial charge in [-0.3, -0.25) is 14.3 Å². The van der Waals surface area contributed by atoms with Gasteiger partial charge in [0.25, 0.3) is 0 Å². The lowest BCUT2D eigenvalue weighted by molar-refractivity contribution is 0.331. The van der Waals surface area contributed by atoms with Gasteiger partial charge >= 0.3 is 0 Å². The second-order valence-corrected chi connectivity index (χ2v) is 11.1. The van der Waals surface area contributed by atoms with Gasteiger partial charge in [0.1, 0.15) is 0 Å². The van der Waals surface area contributed by atoms with Gasteiger partial charge in [-0.05, 0) is 77.3 Å². The third-order valence-corrected chi connectivity index (χ3v) is 7.98. The van der Waals surface area contributed by atoms with E-state index in [9.17, 15) is 0 Å². The minimum Gasteiger partial charge on any atom is -0.294 e. The molecule has 0 N–H and O–H groups in total. The normalized spacial score (nSPS) is 20.7. The summed E-state index contributed by atoms with van der Waals surface area (Å²) in [5, 5.41) is 0. The molecule has 0 amide bonds. The summed E-state index contributed by atoms with van der Waals surface area (Å²) in [5.41, 5.74) is 9.21. The third kappa shape index (κ3) is 2.97. The molecule has 0 spiro atoms. The molecule has 2 heterocycles. The van der Waals surface area contributed by atoms with Crippen LogP contribution in [0.4, 0.5) is 0 Å². The Morgan fingerprint density at radius 1 is 0.867 bits per heavy atom. The maximum absolute atomic E-state index is 4.97. The molecule has 2 aliphatic rings. The molecular weight excluding hydrogens is 366 g/mol. The zero-order valence-corrected chi connectivity index (χ0v) is 19.4. The highest BCUT2D eigenvalue weighted by molar-refractivity contribution is 5.53. The lowest BCUT2D eigenvalue weighted by atomic mass is 9.62. The SMILES string of the molecule is Cc1cc2c(cc1C1(c3ccc(Cn4ccn4C)cn3)CC1)C(C)(C)CCC2(C)C. The van der Waals surface area contributed by atoms with Crippen molar-refractivity contribution in [2.24, 2.45) is 7.05 Å². The van der Waals surface area contributed by atoms with Crippen LogP contribution in [-0.4, -0.2) is 14.3 Å². The van der Waals surface area contributed by atoms with Gasteiger partial charge in [0, 0.05) is 31.1 Å². The summed E-state index contributed by atoms with van der Waals surface area (Å²) < 4.78 is 4.30. The van der Waals surface area contributed by atoms with Gasteiger partial charge in [0.15, 0.2) is 0 Å². The summed E-state index contributed by atoms with van der Waals surface area (Å²) in [5.74, 6) is 0. The van der Waals surface area contributed by atoms with Crippen molar-refractivity contribution in [1.82, 2.24) is 14.3 Å². The smallest absolute Gasteiger partial charge is 0.0655 e. The minimum absolute atomic E-state index is 0.114. The number of aromatic nitrogens is 3. The van der Waals surface area contributed by atoms with Crippen molar-refractivity contribution in [2.75, 3.05) is 0 Å². The number of fused-ring (bicyclic) bond motifs is 1. The Kier molecular flexibility index (Phi) is 4.16. The maximum atomic E-state index is 4.97. The van der Waals surface area contributed by atoms with E-state index >= 15 is 0 Å². The molecule has 0 aliphatic heterocycles. The van der Waals surface area contributed by atoms with Gasteiger partial charge in [-0.2, -0.15) is 0 Å². The van der Waals surface area contributed by atoms with Crippen LogP contribution < -0.4 is 0 Å². The standard InChI is InChI=1S/C27H35N3/c1-19-15-22-23(26(4,5)10-9-25(22,2)3)16-21(19)27(11-12-27)24-8-7-20(17-28-24)18-30-14-13-29(30)6/h7-8,13-17H,9-12,18H2,1-6H3. The van der Waals surface area contributed by atoms with Crippen LogP contribution in [0.15, 0.2) is 42.9 Å². The molecule has 3 heteroatoms. The molecule has 3 nitrogen and oxygen atoms in total. The number of benzene rings is 1. The van der Waals surface area contributed by atoms with Crippen LogP contribution in [0.3, 0.4) is 0 Å². The molecule has 5 rings (SSSR count). The lowest BCUT2D eigenvalue weighted by Gasteiger charge is -2.43. The Labute approximate surface area is 181 Å². The summed E-state index contributed by atoms with van der Waals surface area (Å²) in [6.45, 7) is 12.9. The van der Waals surface area contributed by atoms with Crippen LogP contribution >= 0.6 is 0 Å². The number of hydrogen-bond donors (Lipinski definition) is 0. The van der Waals surface area contributed by atoms with E-state index < -0.39 is 0 Å². The predicted molar refractivity (Wildman–Crippen MR) is 123 cm³/mol. The topological polar surface area (TPSA) is 22.8 Å². The first-order valence-electron chi connectivity index (χ1n) is 11.4. The number of aryl methyl sites for hydroxylation is 2. The van der Waals surface area contributed by atoms with E-state index in [0.717, 1.165) is 6.54 Å². The summed E-state index contributed by atoms with van der Waals surface area (Å²) in [4.78, 5) is 4.97. The molecule has 1 fully saturated rings. The van der Waals surface area contributed by atoms with E-state index in [1.165, 1.54) is 48.1 Å². The molecule has 0 unspecified atom stereocenters. The van der Waals surface area contributed by atoms with E-state index in [1.54, 1.807) is 11.1 Å². The number of hydrogen-bond acceptors (Lipinski definition) is 1. The van der Waals surface area contributed by atoms with Gasteiger partial charge < -0.3 is 0 Å². The van der Waals surface area contributed by atoms with Crippen LogP contribution in [-0.2, 0) is 29.8 Å². The van der Waals surface area contributed by atoms with Crippen LogP contribution in [0.2, 0.25) is 0 Å². The van der Waals surface area contributed by atoms with Crippen molar-refractivity contribution in [3.8, 4) is 0 Å². The Bertz CT molecular complexity index is 1090. The molecular formula is C27H35N3. The van der Waals surface area contributed by atoms with E-state index in [2.05, 4.69) is 93.9 Å². The summed E-state index contributed by atoms with van der Waals surface area (Å²) in [7, 11) is 2.07. The second-order valence-electron chi connectivity index (χ2n) is 11.1. The number of pyridine rings is 1. The van der Waals surface area contributed by atoms with Crippen LogP contribution in [0, 0.1) is 6.92 Å². The Morgan fingerprint density at radius 2 is 1.53 bits per heavy atom. The quantitative estimate of drug-likeness (QED) is 0.525. The fraction of sp³-hybridized carbons (Fsp3) is 0.519. The molecule has 2 aromatic heterocycles. The molecule has 0 saturated heterocycles. The summed E-state index contributed by atoms with van der Waals surface area (Å²) >= 11 is 0. The fourth-order valence-electron chi connectivity index (χ4n) is 5.47. The molecule has 0 bridgehead atoms. The molecule has 3 aromatic rings. The Morgan fingerprint density at radius 3 is 2.03 bits per heavy atom. The molecule has 30 heavy (non-hydrogen) atoms. The van der Waals surface area contributed by atoms with Crippen LogP contribution in [0.5, 0.6) is 0 Å². The van der Waals surface area contributed by atoms with Crippen molar-refractivity contribution in [2.45, 2.75) is 83.1 Å². The molecule has 1 saturated carbocycles. The van der Waals surface area contributed by atoms with E-state index in [-0.39, 0.29) is 16.2 Å². The first-order valence-corrected chi connectivity index (χ1v) is 11.4. The molecule has 0 atom stereocenters. The fourth-order valence-corrected chi connectivity index (χ4v) is 5.47. The van der Waals surface area contributed by atoms with Gasteiger partial charge in [-0.25, -0.2) is 0 Å². The van der Waals surface area contributed by atoms with Crippen molar-refractivity contribution < 1.29 is 0 Å². The Hall–Kier alpha value is -2.29. The molecule has 158 valence electrons. The molecule has 1 aromatic carbocycles. The Balaban J connectivity index is 1.52. The first-order chi connectivity index (χ1) is 14.1. The highest BCUT2D eigenvalue weighted by Gasteiger charge is 2.49. The lowest BCUT2D eigenvalue weighted by Crippen LogP contribution is -2.34. The van der Waals surface area contributed by atoms with Gasteiger partial charge in [0.05, 0.1) is 12.2 Å². The average Bonchev–Trinajstić information content (AvgIpc) is 3.50. The molecule has 0 radical (unpaired) electrons. The highest BCUT2D eigenvalue weighted by Crippen LogP contribution is 2.56. The van der Waals surface area contributed by atoms with E-state index in [0.29, 0.717) is 0 Å². The van der Waals surface area contributed by atoms with E-state index in [1.807, 2.05) is 0 Å². The van der Waals surface area contributed by atoms with Gasteiger partial charge in [-0.15, -0.1) is 0 Å². The van der Waals surface area contributed by atoms with Crippen LogP contribution in [0.25, 0.3) is 0 Å². The van der Waals surface area contributed by atoms with E-state index in [4.69, 9.17) is 4.98 Å². The average molecular weight is 402 g/mol. The van der Waals surface area contributed by atoms with Crippen molar-refractivity contribution >= 4 is 0 Å². The maximum Gasteiger partial charge on any atom is 0.0655 e. The van der Waals surface area contributed by atoms with Gasteiger partial charge in [-0.1, -0.05) is 45.9 Å². The summed E-state index contributed by atoms with van der Waals surface area (Å²) in [6, 6.07) is 9.61. The third-order valence-electron chi connectivity index (χ3n) is 7.98. The zero-order chi connectivity index (χ0) is 21.3. The predicted octanol–water partition coefficient (Wildman–Crippen LogP) is 6.01. The number of rotatable bonds is 4. The molecule has 2 aliphatic carbocycles. The zero-order valence-electron chi connectivity index (χ0n) is 19.4. The van der Waals surface area contributed by atoms with Crippen molar-refractivity contribution in [3.63, 3.8) is 0 Å². The monoisotopic (exact) mass is 401 g/mol. The second kappa shape index (κ2) is 6.35. The summed E-state index contributed by atoms with van der Waals surface area (Å²) in [6.07, 6.45) is 11.2. The first kappa shape index (κ1) is 19.7. The highest BCUT2D eigenvalue weighted by atomic mass is 15.4. The van der Waals surface area contributed by atoms with Crippen LogP contribution in [0.1, 0.15) is 86.9 Å². The number of nitrogens with zero attached hydrogens (tertiary/aromatic N) is 3. The minimum atomic E-state index is 0.114. The largest absolute Gasteiger partial charge is 0.294 e. The van der Waals surface area contributed by atoms with Gasteiger partial charge in [0.2, 0.25) is 0 Å². The van der Waals surface area contributed by atoms with Crippen molar-refractivity contribution in [1.29, 1.82) is 0 Å². The van der Waals surface area contributed by atoms with Crippen molar-refractivity contribution in [3.05, 3.63) is 76.4 Å².